The van der Waals surface area contributed by atoms with Crippen molar-refractivity contribution >= 4 is 23.3 Å². The van der Waals surface area contributed by atoms with Crippen LogP contribution in [0.2, 0.25) is 5.02 Å². The van der Waals surface area contributed by atoms with E-state index in [9.17, 15) is 14.0 Å². The number of hydrogen-bond acceptors (Lipinski definition) is 6. The fourth-order valence-corrected chi connectivity index (χ4v) is 3.74. The zero-order valence-electron chi connectivity index (χ0n) is 16.2. The lowest BCUT2D eigenvalue weighted by atomic mass is 10.0. The minimum Gasteiger partial charge on any atom is -0.481 e. The third kappa shape index (κ3) is 4.66. The number of H-pyrrole nitrogens is 1. The number of anilines is 1. The summed E-state index contributed by atoms with van der Waals surface area (Å²) >= 11 is 6.08. The maximum absolute atomic E-state index is 14.5. The first-order valence-corrected chi connectivity index (χ1v) is 9.90. The zero-order chi connectivity index (χ0) is 22.0. The number of hydrogen-bond donors (Lipinski definition) is 2. The lowest BCUT2D eigenvalue weighted by molar-refractivity contribution is -0.136. The Morgan fingerprint density at radius 3 is 2.97 bits per heavy atom. The molecule has 1 atom stereocenters. The van der Waals surface area contributed by atoms with Crippen molar-refractivity contribution in [3.05, 3.63) is 69.5 Å². The Morgan fingerprint density at radius 1 is 1.35 bits per heavy atom. The van der Waals surface area contributed by atoms with Crippen molar-refractivity contribution in [1.29, 1.82) is 0 Å². The van der Waals surface area contributed by atoms with Gasteiger partial charge in [-0.05, 0) is 23.3 Å². The van der Waals surface area contributed by atoms with E-state index in [1.165, 1.54) is 18.5 Å². The average Bonchev–Trinajstić information content (AvgIpc) is 3.18. The van der Waals surface area contributed by atoms with E-state index in [1.54, 1.807) is 24.3 Å². The van der Waals surface area contributed by atoms with E-state index in [-0.39, 0.29) is 17.5 Å². The Morgan fingerprint density at radius 2 is 2.19 bits per heavy atom. The Balaban J connectivity index is 1.48. The number of carboxylic acid groups (broad SMARTS) is 1. The molecule has 4 rings (SSSR count). The molecule has 160 valence electrons. The van der Waals surface area contributed by atoms with E-state index in [0.717, 1.165) is 0 Å². The van der Waals surface area contributed by atoms with Gasteiger partial charge in [0.05, 0.1) is 24.8 Å². The van der Waals surface area contributed by atoms with E-state index in [0.29, 0.717) is 47.8 Å². The highest BCUT2D eigenvalue weighted by atomic mass is 35.5. The molecule has 2 aromatic heterocycles. The number of ether oxygens (including phenoxy) is 1. The molecule has 10 heteroatoms. The second-order valence-electron chi connectivity index (χ2n) is 7.14. The number of halogens is 2. The van der Waals surface area contributed by atoms with Gasteiger partial charge in [-0.15, -0.1) is 0 Å². The Hall–Kier alpha value is -3.46. The van der Waals surface area contributed by atoms with Crippen LogP contribution in [-0.2, 0) is 11.2 Å². The van der Waals surface area contributed by atoms with Crippen LogP contribution in [0.25, 0.3) is 11.1 Å². The van der Waals surface area contributed by atoms with E-state index < -0.39 is 17.3 Å². The van der Waals surface area contributed by atoms with Crippen molar-refractivity contribution in [2.45, 2.75) is 18.9 Å². The molecule has 1 saturated heterocycles. The zero-order valence-corrected chi connectivity index (χ0v) is 17.0. The molecule has 1 aliphatic heterocycles. The minimum absolute atomic E-state index is 0.0811. The Kier molecular flexibility index (Phi) is 5.85. The van der Waals surface area contributed by atoms with Crippen LogP contribution < -0.4 is 15.2 Å². The highest BCUT2D eigenvalue weighted by Crippen LogP contribution is 2.29. The van der Waals surface area contributed by atoms with Gasteiger partial charge in [-0.2, -0.15) is 5.10 Å². The number of pyridine rings is 1. The molecule has 0 saturated carbocycles. The standard InChI is InChI=1S/C21H18ClFN4O4/c22-20-17(10-25-26-21(20)30)27-6-4-14(11-27)31-18-9-13(3-5-24-18)15-2-1-12(7-16(15)23)8-19(28)29/h1-3,5,7,9-10,14H,4,6,8,11H2,(H,26,30)(H,28,29)/t14-/m1/s1. The number of carboxylic acids is 1. The normalized spacial score (nSPS) is 15.8. The molecule has 0 aliphatic carbocycles. The summed E-state index contributed by atoms with van der Waals surface area (Å²) in [6, 6.07) is 7.65. The largest absolute Gasteiger partial charge is 0.481 e. The van der Waals surface area contributed by atoms with E-state index >= 15 is 0 Å². The number of benzene rings is 1. The Labute approximate surface area is 181 Å². The van der Waals surface area contributed by atoms with Crippen molar-refractivity contribution in [1.82, 2.24) is 15.2 Å². The van der Waals surface area contributed by atoms with Gasteiger partial charge < -0.3 is 14.7 Å². The summed E-state index contributed by atoms with van der Waals surface area (Å²) in [6.07, 6.45) is 3.28. The van der Waals surface area contributed by atoms with Crippen molar-refractivity contribution in [3.8, 4) is 17.0 Å². The number of aromatic amines is 1. The van der Waals surface area contributed by atoms with Crippen LogP contribution in [-0.4, -0.2) is 45.5 Å². The molecule has 0 unspecified atom stereocenters. The second kappa shape index (κ2) is 8.73. The summed E-state index contributed by atoms with van der Waals surface area (Å²) in [6.45, 7) is 1.13. The number of nitrogens with zero attached hydrogens (tertiary/aromatic N) is 3. The van der Waals surface area contributed by atoms with Crippen LogP contribution in [0, 0.1) is 5.82 Å². The summed E-state index contributed by atoms with van der Waals surface area (Å²) < 4.78 is 20.5. The highest BCUT2D eigenvalue weighted by molar-refractivity contribution is 6.33. The monoisotopic (exact) mass is 444 g/mol. The maximum Gasteiger partial charge on any atom is 0.307 e. The molecule has 0 bridgehead atoms. The van der Waals surface area contributed by atoms with Crippen molar-refractivity contribution in [3.63, 3.8) is 0 Å². The molecule has 1 aromatic carbocycles. The molecule has 1 aliphatic rings. The van der Waals surface area contributed by atoms with Gasteiger partial charge in [0.1, 0.15) is 16.9 Å². The van der Waals surface area contributed by atoms with E-state index in [2.05, 4.69) is 15.2 Å². The van der Waals surface area contributed by atoms with Crippen LogP contribution in [0.4, 0.5) is 10.1 Å². The SMILES string of the molecule is O=C(O)Cc1ccc(-c2ccnc(O[C@@H]3CCN(c4cn[nH]c(=O)c4Cl)C3)c2)c(F)c1. The molecule has 0 radical (unpaired) electrons. The fraction of sp³-hybridized carbons (Fsp3) is 0.238. The van der Waals surface area contributed by atoms with Gasteiger partial charge in [-0.1, -0.05) is 23.7 Å². The first-order valence-electron chi connectivity index (χ1n) is 9.52. The predicted molar refractivity (Wildman–Crippen MR) is 112 cm³/mol. The molecule has 1 fully saturated rings. The number of rotatable bonds is 6. The lowest BCUT2D eigenvalue weighted by Gasteiger charge is -2.19. The molecule has 0 spiro atoms. The Bertz CT molecular complexity index is 1190. The third-order valence-corrected chi connectivity index (χ3v) is 5.35. The van der Waals surface area contributed by atoms with Crippen LogP contribution in [0.3, 0.4) is 0 Å². The molecule has 0 amide bonds. The predicted octanol–water partition coefficient (Wildman–Crippen LogP) is 2.91. The lowest BCUT2D eigenvalue weighted by Crippen LogP contribution is -2.26. The highest BCUT2D eigenvalue weighted by Gasteiger charge is 2.27. The maximum atomic E-state index is 14.5. The topological polar surface area (TPSA) is 108 Å². The number of nitrogens with one attached hydrogen (secondary N) is 1. The van der Waals surface area contributed by atoms with Gasteiger partial charge in [-0.3, -0.25) is 9.59 Å². The van der Waals surface area contributed by atoms with Crippen LogP contribution in [0.5, 0.6) is 5.88 Å². The summed E-state index contributed by atoms with van der Waals surface area (Å²) in [5, 5.41) is 15.0. The quantitative estimate of drug-likeness (QED) is 0.601. The number of carbonyl (C=O) groups is 1. The molecule has 2 N–H and O–H groups in total. The van der Waals surface area contributed by atoms with Crippen molar-refractivity contribution in [2.75, 3.05) is 18.0 Å². The smallest absolute Gasteiger partial charge is 0.307 e. The molecular weight excluding hydrogens is 427 g/mol. The molecule has 3 aromatic rings. The van der Waals surface area contributed by atoms with Crippen LogP contribution >= 0.6 is 11.6 Å². The van der Waals surface area contributed by atoms with Gasteiger partial charge in [0.2, 0.25) is 5.88 Å². The van der Waals surface area contributed by atoms with E-state index in [4.69, 9.17) is 21.4 Å². The molecular formula is C21H18ClFN4O4. The second-order valence-corrected chi connectivity index (χ2v) is 7.52. The van der Waals surface area contributed by atoms with Gasteiger partial charge in [-0.25, -0.2) is 14.5 Å². The van der Waals surface area contributed by atoms with E-state index in [1.807, 2.05) is 4.90 Å². The summed E-state index contributed by atoms with van der Waals surface area (Å²) in [5.41, 5.74) is 1.38. The molecule has 8 nitrogen and oxygen atoms in total. The van der Waals surface area contributed by atoms with Gasteiger partial charge in [0.25, 0.3) is 5.56 Å². The van der Waals surface area contributed by atoms with Gasteiger partial charge >= 0.3 is 5.97 Å². The fourth-order valence-electron chi connectivity index (χ4n) is 3.53. The summed E-state index contributed by atoms with van der Waals surface area (Å²) in [7, 11) is 0. The molecule has 3 heterocycles. The molecule has 31 heavy (non-hydrogen) atoms. The van der Waals surface area contributed by atoms with Gasteiger partial charge in [0.15, 0.2) is 0 Å². The van der Waals surface area contributed by atoms with Gasteiger partial charge in [0, 0.05) is 30.8 Å². The minimum atomic E-state index is -1.02. The number of aliphatic carboxylic acids is 1. The first-order chi connectivity index (χ1) is 14.9. The third-order valence-electron chi connectivity index (χ3n) is 4.98. The van der Waals surface area contributed by atoms with Crippen LogP contribution in [0.1, 0.15) is 12.0 Å². The summed E-state index contributed by atoms with van der Waals surface area (Å²) in [5.74, 6) is -1.19. The van der Waals surface area contributed by atoms with Crippen LogP contribution in [0.15, 0.2) is 47.5 Å². The number of aromatic nitrogens is 3. The van der Waals surface area contributed by atoms with Crippen molar-refractivity contribution in [2.24, 2.45) is 0 Å². The van der Waals surface area contributed by atoms with Crippen molar-refractivity contribution < 1.29 is 19.0 Å². The summed E-state index contributed by atoms with van der Waals surface area (Å²) in [4.78, 5) is 28.6. The first kappa shape index (κ1) is 20.8. The average molecular weight is 445 g/mol.